The van der Waals surface area contributed by atoms with Gasteiger partial charge < -0.3 is 4.90 Å². The van der Waals surface area contributed by atoms with Gasteiger partial charge in [-0.05, 0) is 63.3 Å². The van der Waals surface area contributed by atoms with E-state index in [1.807, 2.05) is 25.1 Å². The second-order valence-electron chi connectivity index (χ2n) is 6.66. The molecule has 0 unspecified atom stereocenters. The number of nitrogens with one attached hydrogen (secondary N) is 1. The molecule has 3 rings (SSSR count). The van der Waals surface area contributed by atoms with E-state index in [1.165, 1.54) is 6.42 Å². The van der Waals surface area contributed by atoms with Crippen molar-refractivity contribution >= 4 is 21.7 Å². The topological polar surface area (TPSA) is 75.2 Å². The largest absolute Gasteiger partial charge is 0.355 e. The Hall–Kier alpha value is -2.15. The Balaban J connectivity index is 1.82. The van der Waals surface area contributed by atoms with Gasteiger partial charge in [0.2, 0.25) is 0 Å². The first-order chi connectivity index (χ1) is 11.9. The summed E-state index contributed by atoms with van der Waals surface area (Å²) in [6, 6.07) is 7.23. The number of hydrogen-bond acceptors (Lipinski definition) is 5. The SMILES string of the molecule is Cc1cc(C)c(S(=O)(=O)Nc2ccc(N3CCCCC3)nn2)c(C)c1. The number of aromatic nitrogens is 2. The molecule has 1 aromatic heterocycles. The normalized spacial score (nSPS) is 15.2. The molecule has 1 aromatic carbocycles. The molecule has 1 fully saturated rings. The molecule has 2 aromatic rings. The van der Waals surface area contributed by atoms with E-state index < -0.39 is 10.0 Å². The van der Waals surface area contributed by atoms with Crippen LogP contribution >= 0.6 is 0 Å². The van der Waals surface area contributed by atoms with Gasteiger partial charge in [-0.3, -0.25) is 4.72 Å². The maximum absolute atomic E-state index is 12.8. The first-order valence-electron chi connectivity index (χ1n) is 8.56. The first-order valence-corrected chi connectivity index (χ1v) is 10.0. The summed E-state index contributed by atoms with van der Waals surface area (Å²) in [5.74, 6) is 1.03. The van der Waals surface area contributed by atoms with Crippen LogP contribution in [0.1, 0.15) is 36.0 Å². The molecule has 0 amide bonds. The summed E-state index contributed by atoms with van der Waals surface area (Å²) in [5.41, 5.74) is 2.49. The maximum Gasteiger partial charge on any atom is 0.263 e. The lowest BCUT2D eigenvalue weighted by atomic mass is 10.1. The number of anilines is 2. The van der Waals surface area contributed by atoms with Crippen molar-refractivity contribution in [3.05, 3.63) is 41.0 Å². The fourth-order valence-electron chi connectivity index (χ4n) is 3.45. The van der Waals surface area contributed by atoms with Gasteiger partial charge in [0.05, 0.1) is 4.90 Å². The average Bonchev–Trinajstić information content (AvgIpc) is 2.54. The van der Waals surface area contributed by atoms with Crippen LogP contribution in [0.15, 0.2) is 29.2 Å². The van der Waals surface area contributed by atoms with Crippen LogP contribution in [0.2, 0.25) is 0 Å². The monoisotopic (exact) mass is 360 g/mol. The number of aryl methyl sites for hydroxylation is 3. The van der Waals surface area contributed by atoms with E-state index in [-0.39, 0.29) is 5.82 Å². The van der Waals surface area contributed by atoms with Gasteiger partial charge in [0.25, 0.3) is 10.0 Å². The number of hydrogen-bond donors (Lipinski definition) is 1. The molecule has 1 aliphatic heterocycles. The van der Waals surface area contributed by atoms with Gasteiger partial charge in [-0.15, -0.1) is 10.2 Å². The molecule has 0 aliphatic carbocycles. The highest BCUT2D eigenvalue weighted by atomic mass is 32.2. The van der Waals surface area contributed by atoms with Crippen LogP contribution in [0.4, 0.5) is 11.6 Å². The summed E-state index contributed by atoms with van der Waals surface area (Å²) >= 11 is 0. The molecule has 134 valence electrons. The van der Waals surface area contributed by atoms with Crippen molar-refractivity contribution in [3.8, 4) is 0 Å². The van der Waals surface area contributed by atoms with Crippen LogP contribution in [0, 0.1) is 20.8 Å². The fourth-order valence-corrected chi connectivity index (χ4v) is 4.90. The molecule has 2 heterocycles. The minimum Gasteiger partial charge on any atom is -0.355 e. The van der Waals surface area contributed by atoms with Gasteiger partial charge in [0.15, 0.2) is 11.6 Å². The van der Waals surface area contributed by atoms with Crippen LogP contribution in [0.25, 0.3) is 0 Å². The highest BCUT2D eigenvalue weighted by Gasteiger charge is 2.21. The van der Waals surface area contributed by atoms with Crippen LogP contribution in [0.3, 0.4) is 0 Å². The van der Waals surface area contributed by atoms with Crippen LogP contribution < -0.4 is 9.62 Å². The molecule has 1 aliphatic rings. The standard InChI is InChI=1S/C18H24N4O2S/c1-13-11-14(2)18(15(3)12-13)25(23,24)21-16-7-8-17(20-19-16)22-9-5-4-6-10-22/h7-8,11-12H,4-6,9-10H2,1-3H3,(H,19,21). The number of rotatable bonds is 4. The lowest BCUT2D eigenvalue weighted by Gasteiger charge is -2.27. The van der Waals surface area contributed by atoms with E-state index in [9.17, 15) is 8.42 Å². The van der Waals surface area contributed by atoms with Crippen molar-refractivity contribution in [1.29, 1.82) is 0 Å². The zero-order valence-corrected chi connectivity index (χ0v) is 15.7. The fraction of sp³-hybridized carbons (Fsp3) is 0.444. The van der Waals surface area contributed by atoms with E-state index >= 15 is 0 Å². The van der Waals surface area contributed by atoms with Crippen molar-refractivity contribution in [2.75, 3.05) is 22.7 Å². The summed E-state index contributed by atoms with van der Waals surface area (Å²) in [6.07, 6.45) is 3.56. The van der Waals surface area contributed by atoms with Crippen LogP contribution in [0.5, 0.6) is 0 Å². The summed E-state index contributed by atoms with van der Waals surface area (Å²) in [5, 5.41) is 8.25. The minimum atomic E-state index is -3.70. The van der Waals surface area contributed by atoms with Gasteiger partial charge >= 0.3 is 0 Å². The third-order valence-electron chi connectivity index (χ3n) is 4.44. The number of nitrogens with zero attached hydrogens (tertiary/aromatic N) is 3. The Morgan fingerprint density at radius 3 is 2.16 bits per heavy atom. The molecule has 7 heteroatoms. The summed E-state index contributed by atoms with van der Waals surface area (Å²) in [4.78, 5) is 2.49. The molecule has 0 radical (unpaired) electrons. The molecule has 6 nitrogen and oxygen atoms in total. The van der Waals surface area contributed by atoms with Crippen molar-refractivity contribution in [1.82, 2.24) is 10.2 Å². The Morgan fingerprint density at radius 1 is 0.960 bits per heavy atom. The van der Waals surface area contributed by atoms with Crippen molar-refractivity contribution in [3.63, 3.8) is 0 Å². The molecule has 0 spiro atoms. The lowest BCUT2D eigenvalue weighted by Crippen LogP contribution is -2.30. The van der Waals surface area contributed by atoms with E-state index in [1.54, 1.807) is 19.9 Å². The zero-order chi connectivity index (χ0) is 18.0. The van der Waals surface area contributed by atoms with Crippen LogP contribution in [-0.4, -0.2) is 31.7 Å². The smallest absolute Gasteiger partial charge is 0.263 e. The Bertz CT molecular complexity index is 834. The summed E-state index contributed by atoms with van der Waals surface area (Å²) in [7, 11) is -3.70. The molecule has 25 heavy (non-hydrogen) atoms. The molecular formula is C18H24N4O2S. The van der Waals surface area contributed by atoms with E-state index in [2.05, 4.69) is 19.8 Å². The van der Waals surface area contributed by atoms with E-state index in [0.717, 1.165) is 48.4 Å². The number of piperidine rings is 1. The Kier molecular flexibility index (Phi) is 4.94. The van der Waals surface area contributed by atoms with Crippen molar-refractivity contribution < 1.29 is 8.42 Å². The third-order valence-corrected chi connectivity index (χ3v) is 6.10. The molecule has 1 saturated heterocycles. The van der Waals surface area contributed by atoms with Gasteiger partial charge in [0, 0.05) is 13.1 Å². The maximum atomic E-state index is 12.8. The average molecular weight is 360 g/mol. The van der Waals surface area contributed by atoms with Crippen molar-refractivity contribution in [2.24, 2.45) is 0 Å². The highest BCUT2D eigenvalue weighted by Crippen LogP contribution is 2.24. The Morgan fingerprint density at radius 2 is 1.60 bits per heavy atom. The quantitative estimate of drug-likeness (QED) is 0.906. The van der Waals surface area contributed by atoms with E-state index in [0.29, 0.717) is 4.90 Å². The molecule has 1 N–H and O–H groups in total. The molecule has 0 saturated carbocycles. The first kappa shape index (κ1) is 17.7. The number of sulfonamides is 1. The lowest BCUT2D eigenvalue weighted by molar-refractivity contribution is 0.571. The summed E-state index contributed by atoms with van der Waals surface area (Å²) in [6.45, 7) is 7.51. The van der Waals surface area contributed by atoms with Gasteiger partial charge in [-0.2, -0.15) is 0 Å². The highest BCUT2D eigenvalue weighted by molar-refractivity contribution is 7.92. The van der Waals surface area contributed by atoms with Gasteiger partial charge in [-0.25, -0.2) is 8.42 Å². The predicted molar refractivity (Wildman–Crippen MR) is 99.6 cm³/mol. The summed E-state index contributed by atoms with van der Waals surface area (Å²) < 4.78 is 28.0. The van der Waals surface area contributed by atoms with E-state index in [4.69, 9.17) is 0 Å². The van der Waals surface area contributed by atoms with Crippen molar-refractivity contribution in [2.45, 2.75) is 44.9 Å². The number of benzene rings is 1. The van der Waals surface area contributed by atoms with Gasteiger partial charge in [0.1, 0.15) is 0 Å². The minimum absolute atomic E-state index is 0.236. The van der Waals surface area contributed by atoms with Crippen LogP contribution in [-0.2, 0) is 10.0 Å². The second-order valence-corrected chi connectivity index (χ2v) is 8.28. The zero-order valence-electron chi connectivity index (χ0n) is 14.9. The second kappa shape index (κ2) is 7.00. The predicted octanol–water partition coefficient (Wildman–Crippen LogP) is 3.19. The molecule has 0 atom stereocenters. The molecule has 0 bridgehead atoms. The van der Waals surface area contributed by atoms with Gasteiger partial charge in [-0.1, -0.05) is 17.7 Å². The third kappa shape index (κ3) is 3.92. The Labute approximate surface area is 149 Å². The molecular weight excluding hydrogens is 336 g/mol.